The first-order valence-corrected chi connectivity index (χ1v) is 8.59. The van der Waals surface area contributed by atoms with Gasteiger partial charge in [-0.05, 0) is 73.5 Å². The second-order valence-electron chi connectivity index (χ2n) is 7.40. The van der Waals surface area contributed by atoms with Gasteiger partial charge in [0.15, 0.2) is 0 Å². The maximum atomic E-state index is 6.02. The summed E-state index contributed by atoms with van der Waals surface area (Å²) in [6.45, 7) is 1.24. The molecule has 3 atom stereocenters. The molecule has 3 saturated carbocycles. The third kappa shape index (κ3) is 2.51. The standard InChI is InChI=1S/C18H24ClN/c19-16-5-2-13(3-6-16)10-18(12-20-17-7-8-17)11-14-1-4-15(18)9-14/h2-3,5-6,14-15,17,20H,1,4,7-12H2. The predicted molar refractivity (Wildman–Crippen MR) is 84.1 cm³/mol. The van der Waals surface area contributed by atoms with Crippen molar-refractivity contribution in [1.82, 2.24) is 5.32 Å². The molecule has 0 radical (unpaired) electrons. The summed E-state index contributed by atoms with van der Waals surface area (Å²) in [5, 5.41) is 4.68. The second kappa shape index (κ2) is 5.03. The van der Waals surface area contributed by atoms with E-state index in [4.69, 9.17) is 11.6 Å². The van der Waals surface area contributed by atoms with Gasteiger partial charge in [0.05, 0.1) is 0 Å². The van der Waals surface area contributed by atoms with E-state index in [2.05, 4.69) is 17.4 Å². The lowest BCUT2D eigenvalue weighted by atomic mass is 9.69. The maximum Gasteiger partial charge on any atom is 0.0406 e. The Balaban J connectivity index is 1.53. The molecular weight excluding hydrogens is 266 g/mol. The van der Waals surface area contributed by atoms with Gasteiger partial charge in [0, 0.05) is 17.6 Å². The van der Waals surface area contributed by atoms with Gasteiger partial charge >= 0.3 is 0 Å². The van der Waals surface area contributed by atoms with Crippen molar-refractivity contribution in [2.24, 2.45) is 17.3 Å². The van der Waals surface area contributed by atoms with Gasteiger partial charge in [-0.1, -0.05) is 30.2 Å². The minimum atomic E-state index is 0.527. The Morgan fingerprint density at radius 1 is 1.10 bits per heavy atom. The predicted octanol–water partition coefficient (Wildman–Crippen LogP) is 4.44. The Morgan fingerprint density at radius 3 is 2.50 bits per heavy atom. The van der Waals surface area contributed by atoms with Gasteiger partial charge in [-0.2, -0.15) is 0 Å². The summed E-state index contributed by atoms with van der Waals surface area (Å²) in [5.41, 5.74) is 2.00. The highest BCUT2D eigenvalue weighted by Crippen LogP contribution is 2.57. The molecule has 1 aromatic carbocycles. The largest absolute Gasteiger partial charge is 0.313 e. The van der Waals surface area contributed by atoms with Crippen LogP contribution in [0.2, 0.25) is 5.02 Å². The summed E-state index contributed by atoms with van der Waals surface area (Å²) in [6, 6.07) is 9.38. The highest BCUT2D eigenvalue weighted by Gasteiger charge is 2.50. The molecule has 3 fully saturated rings. The normalized spacial score (nSPS) is 35.6. The Labute approximate surface area is 127 Å². The van der Waals surface area contributed by atoms with E-state index in [1.54, 1.807) is 0 Å². The summed E-state index contributed by atoms with van der Waals surface area (Å²) in [7, 11) is 0. The minimum absolute atomic E-state index is 0.527. The number of rotatable bonds is 5. The first-order valence-electron chi connectivity index (χ1n) is 8.21. The third-order valence-corrected chi connectivity index (χ3v) is 6.14. The monoisotopic (exact) mass is 289 g/mol. The van der Waals surface area contributed by atoms with Gasteiger partial charge in [-0.25, -0.2) is 0 Å². The van der Waals surface area contributed by atoms with E-state index < -0.39 is 0 Å². The van der Waals surface area contributed by atoms with Crippen molar-refractivity contribution in [2.75, 3.05) is 6.54 Å². The van der Waals surface area contributed by atoms with Crippen LogP contribution in [0.4, 0.5) is 0 Å². The number of hydrogen-bond acceptors (Lipinski definition) is 1. The molecule has 1 N–H and O–H groups in total. The highest BCUT2D eigenvalue weighted by atomic mass is 35.5. The van der Waals surface area contributed by atoms with Crippen molar-refractivity contribution in [3.8, 4) is 0 Å². The molecule has 108 valence electrons. The van der Waals surface area contributed by atoms with Gasteiger partial charge in [0.25, 0.3) is 0 Å². The zero-order chi connectivity index (χ0) is 13.6. The molecule has 0 heterocycles. The maximum absolute atomic E-state index is 6.02. The van der Waals surface area contributed by atoms with Crippen LogP contribution in [-0.4, -0.2) is 12.6 Å². The lowest BCUT2D eigenvalue weighted by Gasteiger charge is -2.38. The summed E-state index contributed by atoms with van der Waals surface area (Å²) >= 11 is 6.02. The van der Waals surface area contributed by atoms with Crippen molar-refractivity contribution in [2.45, 2.75) is 51.0 Å². The first kappa shape index (κ1) is 13.2. The molecule has 2 bridgehead atoms. The Morgan fingerprint density at radius 2 is 1.90 bits per heavy atom. The van der Waals surface area contributed by atoms with E-state index in [1.165, 1.54) is 57.1 Å². The quantitative estimate of drug-likeness (QED) is 0.845. The van der Waals surface area contributed by atoms with Crippen LogP contribution in [0.5, 0.6) is 0 Å². The molecule has 1 nitrogen and oxygen atoms in total. The highest BCUT2D eigenvalue weighted by molar-refractivity contribution is 6.30. The molecule has 4 rings (SSSR count). The van der Waals surface area contributed by atoms with Crippen LogP contribution < -0.4 is 5.32 Å². The Bertz CT molecular complexity index is 479. The number of halogens is 1. The fraction of sp³-hybridized carbons (Fsp3) is 0.667. The van der Waals surface area contributed by atoms with Crippen LogP contribution in [0.15, 0.2) is 24.3 Å². The summed E-state index contributed by atoms with van der Waals surface area (Å²) < 4.78 is 0. The molecule has 1 aromatic rings. The molecule has 3 aliphatic carbocycles. The van der Waals surface area contributed by atoms with Gasteiger partial charge in [0.1, 0.15) is 0 Å². The van der Waals surface area contributed by atoms with Gasteiger partial charge < -0.3 is 5.32 Å². The van der Waals surface area contributed by atoms with Crippen LogP contribution in [0.1, 0.15) is 44.1 Å². The second-order valence-corrected chi connectivity index (χ2v) is 7.84. The van der Waals surface area contributed by atoms with Crippen LogP contribution in [-0.2, 0) is 6.42 Å². The molecule has 0 spiro atoms. The van der Waals surface area contributed by atoms with Crippen molar-refractivity contribution in [3.63, 3.8) is 0 Å². The number of nitrogens with one attached hydrogen (secondary N) is 1. The molecule has 0 amide bonds. The van der Waals surface area contributed by atoms with Crippen molar-refractivity contribution in [1.29, 1.82) is 0 Å². The lowest BCUT2D eigenvalue weighted by Crippen LogP contribution is -2.41. The van der Waals surface area contributed by atoms with E-state index in [-0.39, 0.29) is 0 Å². The van der Waals surface area contributed by atoms with E-state index in [0.717, 1.165) is 22.9 Å². The summed E-state index contributed by atoms with van der Waals surface area (Å²) in [5.74, 6) is 1.96. The van der Waals surface area contributed by atoms with Crippen molar-refractivity contribution >= 4 is 11.6 Å². The van der Waals surface area contributed by atoms with Crippen LogP contribution in [0.3, 0.4) is 0 Å². The average molecular weight is 290 g/mol. The topological polar surface area (TPSA) is 12.0 Å². The summed E-state index contributed by atoms with van der Waals surface area (Å²) in [6.07, 6.45) is 9.91. The molecule has 3 unspecified atom stereocenters. The van der Waals surface area contributed by atoms with Crippen LogP contribution >= 0.6 is 11.6 Å². The van der Waals surface area contributed by atoms with E-state index in [9.17, 15) is 0 Å². The average Bonchev–Trinajstić information content (AvgIpc) is 3.08. The van der Waals surface area contributed by atoms with Gasteiger partial charge in [-0.3, -0.25) is 0 Å². The number of fused-ring (bicyclic) bond motifs is 2. The molecule has 0 saturated heterocycles. The van der Waals surface area contributed by atoms with E-state index in [0.29, 0.717) is 5.41 Å². The lowest BCUT2D eigenvalue weighted by molar-refractivity contribution is 0.155. The SMILES string of the molecule is Clc1ccc(CC2(CNC3CC3)CC3CCC2C3)cc1. The molecular formula is C18H24ClN. The smallest absolute Gasteiger partial charge is 0.0406 e. The number of hydrogen-bond donors (Lipinski definition) is 1. The molecule has 0 aromatic heterocycles. The Kier molecular flexibility index (Phi) is 3.31. The minimum Gasteiger partial charge on any atom is -0.313 e. The van der Waals surface area contributed by atoms with Crippen molar-refractivity contribution < 1.29 is 0 Å². The summed E-state index contributed by atoms with van der Waals surface area (Å²) in [4.78, 5) is 0. The van der Waals surface area contributed by atoms with Crippen molar-refractivity contribution in [3.05, 3.63) is 34.9 Å². The third-order valence-electron chi connectivity index (χ3n) is 5.89. The fourth-order valence-corrected chi connectivity index (χ4v) is 4.82. The van der Waals surface area contributed by atoms with Crippen LogP contribution in [0, 0.1) is 17.3 Å². The molecule has 2 heteroatoms. The van der Waals surface area contributed by atoms with E-state index in [1.807, 2.05) is 12.1 Å². The fourth-order valence-electron chi connectivity index (χ4n) is 4.70. The zero-order valence-corrected chi connectivity index (χ0v) is 12.8. The molecule has 0 aliphatic heterocycles. The zero-order valence-electron chi connectivity index (χ0n) is 12.1. The van der Waals surface area contributed by atoms with Gasteiger partial charge in [0.2, 0.25) is 0 Å². The molecule has 20 heavy (non-hydrogen) atoms. The number of benzene rings is 1. The molecule has 3 aliphatic rings. The van der Waals surface area contributed by atoms with Gasteiger partial charge in [-0.15, -0.1) is 0 Å². The van der Waals surface area contributed by atoms with E-state index >= 15 is 0 Å². The first-order chi connectivity index (χ1) is 9.73. The van der Waals surface area contributed by atoms with Crippen LogP contribution in [0.25, 0.3) is 0 Å². The Hall–Kier alpha value is -0.530.